The summed E-state index contributed by atoms with van der Waals surface area (Å²) in [5, 5.41) is 4.34. The van der Waals surface area contributed by atoms with Crippen molar-refractivity contribution in [2.24, 2.45) is 7.05 Å². The minimum absolute atomic E-state index is 0.175. The molecule has 4 nitrogen and oxygen atoms in total. The van der Waals surface area contributed by atoms with E-state index in [-0.39, 0.29) is 11.7 Å². The second kappa shape index (κ2) is 6.12. The van der Waals surface area contributed by atoms with Gasteiger partial charge in [0.1, 0.15) is 5.69 Å². The van der Waals surface area contributed by atoms with E-state index in [1.165, 1.54) is 7.05 Å². The molecule has 0 radical (unpaired) electrons. The maximum Gasteiger partial charge on any atom is 0.433 e. The second-order valence-corrected chi connectivity index (χ2v) is 6.18. The van der Waals surface area contributed by atoms with Gasteiger partial charge < -0.3 is 4.90 Å². The summed E-state index contributed by atoms with van der Waals surface area (Å²) < 4.78 is 39.3. The van der Waals surface area contributed by atoms with E-state index in [9.17, 15) is 18.0 Å². The molecule has 24 heavy (non-hydrogen) atoms. The molecular weight excluding hydrogens is 343 g/mol. The fraction of sp³-hybridized carbons (Fsp3) is 0.375. The summed E-state index contributed by atoms with van der Waals surface area (Å²) in [6, 6.07) is 7.77. The van der Waals surface area contributed by atoms with E-state index in [0.29, 0.717) is 16.2 Å². The number of hydrogen-bond donors (Lipinski definition) is 0. The lowest BCUT2D eigenvalue weighted by molar-refractivity contribution is -0.143. The molecule has 1 fully saturated rings. The summed E-state index contributed by atoms with van der Waals surface area (Å²) in [4.78, 5) is 14.2. The van der Waals surface area contributed by atoms with E-state index < -0.39 is 17.8 Å². The van der Waals surface area contributed by atoms with Crippen LogP contribution in [0.4, 0.5) is 13.2 Å². The summed E-state index contributed by atoms with van der Waals surface area (Å²) in [6.07, 6.45) is -2.99. The van der Waals surface area contributed by atoms with E-state index in [0.717, 1.165) is 24.5 Å². The van der Waals surface area contributed by atoms with Crippen LogP contribution < -0.4 is 0 Å². The number of alkyl halides is 3. The lowest BCUT2D eigenvalue weighted by atomic mass is 10.0. The number of aromatic nitrogens is 2. The van der Waals surface area contributed by atoms with Gasteiger partial charge in [-0.1, -0.05) is 23.7 Å². The minimum Gasteiger partial charge on any atom is -0.330 e. The lowest BCUT2D eigenvalue weighted by Gasteiger charge is -2.24. The largest absolute Gasteiger partial charge is 0.433 e. The molecule has 1 atom stereocenters. The van der Waals surface area contributed by atoms with Gasteiger partial charge in [0.2, 0.25) is 0 Å². The van der Waals surface area contributed by atoms with Crippen LogP contribution in [0.15, 0.2) is 30.3 Å². The van der Waals surface area contributed by atoms with Gasteiger partial charge in [-0.3, -0.25) is 9.48 Å². The lowest BCUT2D eigenvalue weighted by Crippen LogP contribution is -2.31. The van der Waals surface area contributed by atoms with Crippen molar-refractivity contribution in [1.82, 2.24) is 14.7 Å². The summed E-state index contributed by atoms with van der Waals surface area (Å²) in [5.74, 6) is -0.487. The number of halogens is 4. The predicted molar refractivity (Wildman–Crippen MR) is 82.7 cm³/mol. The van der Waals surface area contributed by atoms with Crippen LogP contribution in [-0.2, 0) is 13.2 Å². The maximum absolute atomic E-state index is 12.9. The predicted octanol–water partition coefficient (Wildman–Crippen LogP) is 4.07. The number of carbonyl (C=O) groups excluding carboxylic acids is 1. The van der Waals surface area contributed by atoms with Crippen molar-refractivity contribution in [2.45, 2.75) is 25.1 Å². The highest BCUT2D eigenvalue weighted by Crippen LogP contribution is 2.34. The number of aryl methyl sites for hydroxylation is 1. The number of hydrogen-bond acceptors (Lipinski definition) is 2. The van der Waals surface area contributed by atoms with E-state index in [1.54, 1.807) is 17.0 Å². The number of benzene rings is 1. The first-order chi connectivity index (χ1) is 11.3. The molecule has 0 N–H and O–H groups in total. The van der Waals surface area contributed by atoms with Gasteiger partial charge >= 0.3 is 6.18 Å². The van der Waals surface area contributed by atoms with Gasteiger partial charge in [-0.05, 0) is 30.5 Å². The highest BCUT2D eigenvalue weighted by molar-refractivity contribution is 6.30. The number of nitrogens with zero attached hydrogens (tertiary/aromatic N) is 3. The molecule has 0 spiro atoms. The monoisotopic (exact) mass is 357 g/mol. The van der Waals surface area contributed by atoms with Gasteiger partial charge in [-0.15, -0.1) is 0 Å². The molecule has 8 heteroatoms. The fourth-order valence-corrected chi connectivity index (χ4v) is 3.15. The molecule has 1 aromatic heterocycles. The van der Waals surface area contributed by atoms with Gasteiger partial charge in [-0.25, -0.2) is 0 Å². The minimum atomic E-state index is -4.54. The average molecular weight is 358 g/mol. The van der Waals surface area contributed by atoms with Crippen molar-refractivity contribution in [3.05, 3.63) is 52.3 Å². The zero-order valence-corrected chi connectivity index (χ0v) is 13.6. The first kappa shape index (κ1) is 16.8. The Hall–Kier alpha value is -2.02. The van der Waals surface area contributed by atoms with Crippen LogP contribution in [0.1, 0.15) is 40.6 Å². The van der Waals surface area contributed by atoms with Crippen molar-refractivity contribution in [2.75, 3.05) is 6.54 Å². The van der Waals surface area contributed by atoms with E-state index in [4.69, 9.17) is 11.6 Å². The third-order valence-corrected chi connectivity index (χ3v) is 4.41. The van der Waals surface area contributed by atoms with Crippen molar-refractivity contribution in [1.29, 1.82) is 0 Å². The van der Waals surface area contributed by atoms with Crippen LogP contribution >= 0.6 is 11.6 Å². The van der Waals surface area contributed by atoms with Crippen LogP contribution in [0.3, 0.4) is 0 Å². The standard InChI is InChI=1S/C16H15ClF3N3O/c1-22-14(16(18,19)20)9-12(21-22)15(24)23-8-2-3-13(23)10-4-6-11(17)7-5-10/h4-7,9,13H,2-3,8H2,1H3/t13-/m0/s1. The van der Waals surface area contributed by atoms with E-state index >= 15 is 0 Å². The molecule has 0 unspecified atom stereocenters. The van der Waals surface area contributed by atoms with Gasteiger partial charge in [0.05, 0.1) is 6.04 Å². The zero-order valence-electron chi connectivity index (χ0n) is 12.8. The molecular formula is C16H15ClF3N3O. The van der Waals surface area contributed by atoms with Crippen molar-refractivity contribution in [3.63, 3.8) is 0 Å². The molecule has 1 amide bonds. The maximum atomic E-state index is 12.9. The number of likely N-dealkylation sites (tertiary alicyclic amines) is 1. The molecule has 0 aliphatic carbocycles. The quantitative estimate of drug-likeness (QED) is 0.812. The van der Waals surface area contributed by atoms with Crippen LogP contribution in [0, 0.1) is 0 Å². The molecule has 128 valence electrons. The second-order valence-electron chi connectivity index (χ2n) is 5.74. The summed E-state index contributed by atoms with van der Waals surface area (Å²) in [6.45, 7) is 0.490. The van der Waals surface area contributed by atoms with Gasteiger partial charge in [0, 0.05) is 24.7 Å². The average Bonchev–Trinajstić information content (AvgIpc) is 3.13. The van der Waals surface area contributed by atoms with E-state index in [1.807, 2.05) is 12.1 Å². The fourth-order valence-electron chi connectivity index (χ4n) is 3.03. The van der Waals surface area contributed by atoms with Gasteiger partial charge in [-0.2, -0.15) is 18.3 Å². The molecule has 1 aliphatic rings. The summed E-state index contributed by atoms with van der Waals surface area (Å²) in [7, 11) is 1.18. The Kier molecular flexibility index (Phi) is 4.29. The van der Waals surface area contributed by atoms with E-state index in [2.05, 4.69) is 5.10 Å². The highest BCUT2D eigenvalue weighted by atomic mass is 35.5. The Morgan fingerprint density at radius 2 is 1.96 bits per heavy atom. The van der Waals surface area contributed by atoms with Crippen LogP contribution in [0.5, 0.6) is 0 Å². The Morgan fingerprint density at radius 3 is 2.54 bits per heavy atom. The topological polar surface area (TPSA) is 38.1 Å². The molecule has 3 rings (SSSR count). The number of rotatable bonds is 2. The van der Waals surface area contributed by atoms with Crippen LogP contribution in [-0.4, -0.2) is 27.1 Å². The molecule has 1 aromatic carbocycles. The molecule has 1 aliphatic heterocycles. The first-order valence-corrected chi connectivity index (χ1v) is 7.83. The SMILES string of the molecule is Cn1nc(C(=O)N2CCC[C@H]2c2ccc(Cl)cc2)cc1C(F)(F)F. The van der Waals surface area contributed by atoms with Gasteiger partial charge in [0.15, 0.2) is 5.69 Å². The molecule has 2 heterocycles. The smallest absolute Gasteiger partial charge is 0.330 e. The zero-order chi connectivity index (χ0) is 17.5. The van der Waals surface area contributed by atoms with Crippen molar-refractivity contribution >= 4 is 17.5 Å². The third kappa shape index (κ3) is 3.13. The summed E-state index contributed by atoms with van der Waals surface area (Å²) in [5.41, 5.74) is -0.212. The molecule has 0 saturated carbocycles. The normalized spacial score (nSPS) is 18.2. The van der Waals surface area contributed by atoms with Crippen molar-refractivity contribution < 1.29 is 18.0 Å². The molecule has 2 aromatic rings. The highest BCUT2D eigenvalue weighted by Gasteiger charge is 2.38. The Morgan fingerprint density at radius 1 is 1.29 bits per heavy atom. The summed E-state index contributed by atoms with van der Waals surface area (Å²) >= 11 is 5.88. The molecule has 0 bridgehead atoms. The van der Waals surface area contributed by atoms with Crippen LogP contribution in [0.2, 0.25) is 5.02 Å². The Balaban J connectivity index is 1.87. The third-order valence-electron chi connectivity index (χ3n) is 4.16. The number of carbonyl (C=O) groups is 1. The van der Waals surface area contributed by atoms with Gasteiger partial charge in [0.25, 0.3) is 5.91 Å². The number of amides is 1. The Bertz CT molecular complexity index is 755. The van der Waals surface area contributed by atoms with Crippen LogP contribution in [0.25, 0.3) is 0 Å². The Labute approximate surface area is 141 Å². The van der Waals surface area contributed by atoms with Crippen molar-refractivity contribution in [3.8, 4) is 0 Å². The first-order valence-electron chi connectivity index (χ1n) is 7.45. The molecule has 1 saturated heterocycles.